The van der Waals surface area contributed by atoms with Gasteiger partial charge in [0.2, 0.25) is 5.91 Å². The first-order valence-corrected chi connectivity index (χ1v) is 7.43. The standard InChI is InChI=1S/C16H24N2O3/c1-2-21-16(20)18-13-7-11-15(19)17-12-6-10-14-8-4-3-5-9-14/h3-5,8-9H,2,6-7,10-13H2,1H3,(H,17,19)(H,18,20). The lowest BCUT2D eigenvalue weighted by Gasteiger charge is -2.06. The molecule has 0 fully saturated rings. The monoisotopic (exact) mass is 292 g/mol. The Kier molecular flexibility index (Phi) is 8.68. The lowest BCUT2D eigenvalue weighted by molar-refractivity contribution is -0.121. The van der Waals surface area contributed by atoms with Crippen molar-refractivity contribution in [2.24, 2.45) is 0 Å². The van der Waals surface area contributed by atoms with Crippen LogP contribution < -0.4 is 10.6 Å². The van der Waals surface area contributed by atoms with Crippen molar-refractivity contribution in [1.29, 1.82) is 0 Å². The third-order valence-corrected chi connectivity index (χ3v) is 2.93. The van der Waals surface area contributed by atoms with Crippen molar-refractivity contribution in [3.63, 3.8) is 0 Å². The molecule has 0 atom stereocenters. The lowest BCUT2D eigenvalue weighted by atomic mass is 10.1. The minimum absolute atomic E-state index is 0.0220. The van der Waals surface area contributed by atoms with Crippen LogP contribution in [0.4, 0.5) is 4.79 Å². The Labute approximate surface area is 126 Å². The topological polar surface area (TPSA) is 67.4 Å². The first kappa shape index (κ1) is 17.0. The largest absolute Gasteiger partial charge is 0.450 e. The Balaban J connectivity index is 1.98. The van der Waals surface area contributed by atoms with Crippen LogP contribution in [0.1, 0.15) is 31.7 Å². The Hall–Kier alpha value is -2.04. The molecule has 21 heavy (non-hydrogen) atoms. The Bertz CT molecular complexity index is 421. The maximum absolute atomic E-state index is 11.6. The Morgan fingerprint density at radius 2 is 1.76 bits per heavy atom. The maximum atomic E-state index is 11.6. The van der Waals surface area contributed by atoms with E-state index < -0.39 is 6.09 Å². The molecular formula is C16H24N2O3. The molecule has 116 valence electrons. The summed E-state index contributed by atoms with van der Waals surface area (Å²) in [5.41, 5.74) is 1.28. The molecule has 0 radical (unpaired) electrons. The van der Waals surface area contributed by atoms with E-state index in [1.54, 1.807) is 6.92 Å². The highest BCUT2D eigenvalue weighted by molar-refractivity contribution is 5.75. The predicted octanol–water partition coefficient (Wildman–Crippen LogP) is 2.26. The molecule has 0 saturated carbocycles. The smallest absolute Gasteiger partial charge is 0.407 e. The highest BCUT2D eigenvalue weighted by Gasteiger charge is 2.02. The zero-order chi connectivity index (χ0) is 15.3. The van der Waals surface area contributed by atoms with Crippen LogP contribution in [0, 0.1) is 0 Å². The third kappa shape index (κ3) is 8.68. The van der Waals surface area contributed by atoms with Crippen LogP contribution in [0.25, 0.3) is 0 Å². The average Bonchev–Trinajstić information content (AvgIpc) is 2.49. The van der Waals surface area contributed by atoms with Gasteiger partial charge in [-0.3, -0.25) is 4.79 Å². The summed E-state index contributed by atoms with van der Waals surface area (Å²) in [7, 11) is 0. The fourth-order valence-corrected chi connectivity index (χ4v) is 1.87. The van der Waals surface area contributed by atoms with E-state index in [2.05, 4.69) is 22.8 Å². The van der Waals surface area contributed by atoms with Gasteiger partial charge in [0.1, 0.15) is 0 Å². The molecule has 0 saturated heterocycles. The SMILES string of the molecule is CCOC(=O)NCCCC(=O)NCCCc1ccccc1. The normalized spacial score (nSPS) is 9.95. The highest BCUT2D eigenvalue weighted by atomic mass is 16.5. The van der Waals surface area contributed by atoms with Crippen molar-refractivity contribution in [1.82, 2.24) is 10.6 Å². The van der Waals surface area contributed by atoms with Crippen molar-refractivity contribution in [3.8, 4) is 0 Å². The molecule has 2 N–H and O–H groups in total. The summed E-state index contributed by atoms with van der Waals surface area (Å²) in [6.45, 7) is 3.24. The van der Waals surface area contributed by atoms with E-state index in [9.17, 15) is 9.59 Å². The number of hydrogen-bond acceptors (Lipinski definition) is 3. The number of hydrogen-bond donors (Lipinski definition) is 2. The van der Waals surface area contributed by atoms with Crippen molar-refractivity contribution in [2.45, 2.75) is 32.6 Å². The molecule has 0 aromatic heterocycles. The molecule has 1 aromatic rings. The number of carbonyl (C=O) groups is 2. The summed E-state index contributed by atoms with van der Waals surface area (Å²) in [5.74, 6) is 0.0220. The highest BCUT2D eigenvalue weighted by Crippen LogP contribution is 2.01. The number of carbonyl (C=O) groups excluding carboxylic acids is 2. The van der Waals surface area contributed by atoms with E-state index in [-0.39, 0.29) is 5.91 Å². The molecule has 2 amide bonds. The van der Waals surface area contributed by atoms with E-state index in [4.69, 9.17) is 4.74 Å². The first-order valence-electron chi connectivity index (χ1n) is 7.43. The summed E-state index contributed by atoms with van der Waals surface area (Å²) in [6, 6.07) is 10.2. The quantitative estimate of drug-likeness (QED) is 0.686. The number of rotatable bonds is 9. The molecule has 1 aromatic carbocycles. The molecule has 1 rings (SSSR count). The molecule has 0 unspecified atom stereocenters. The van der Waals surface area contributed by atoms with E-state index in [0.29, 0.717) is 32.5 Å². The van der Waals surface area contributed by atoms with E-state index in [0.717, 1.165) is 12.8 Å². The molecule has 0 aliphatic rings. The summed E-state index contributed by atoms with van der Waals surface area (Å²) in [5, 5.41) is 5.47. The van der Waals surface area contributed by atoms with Gasteiger partial charge in [-0.05, 0) is 31.7 Å². The van der Waals surface area contributed by atoms with E-state index in [1.165, 1.54) is 5.56 Å². The first-order chi connectivity index (χ1) is 10.2. The van der Waals surface area contributed by atoms with Crippen LogP contribution in [-0.4, -0.2) is 31.7 Å². The molecule has 0 heterocycles. The average molecular weight is 292 g/mol. The second kappa shape index (κ2) is 10.7. The van der Waals surface area contributed by atoms with Gasteiger partial charge in [-0.1, -0.05) is 30.3 Å². The van der Waals surface area contributed by atoms with Crippen LogP contribution in [0.15, 0.2) is 30.3 Å². The number of nitrogens with one attached hydrogen (secondary N) is 2. The van der Waals surface area contributed by atoms with Gasteiger partial charge in [0.05, 0.1) is 6.61 Å². The zero-order valence-electron chi connectivity index (χ0n) is 12.6. The fourth-order valence-electron chi connectivity index (χ4n) is 1.87. The van der Waals surface area contributed by atoms with E-state index >= 15 is 0 Å². The third-order valence-electron chi connectivity index (χ3n) is 2.93. The van der Waals surface area contributed by atoms with Gasteiger partial charge in [0, 0.05) is 19.5 Å². The minimum Gasteiger partial charge on any atom is -0.450 e. The second-order valence-electron chi connectivity index (χ2n) is 4.69. The summed E-state index contributed by atoms with van der Waals surface area (Å²) in [6.07, 6.45) is 2.49. The Morgan fingerprint density at radius 3 is 2.48 bits per heavy atom. The zero-order valence-corrected chi connectivity index (χ0v) is 12.6. The molecule has 0 aliphatic heterocycles. The second-order valence-corrected chi connectivity index (χ2v) is 4.69. The Morgan fingerprint density at radius 1 is 1.05 bits per heavy atom. The van der Waals surface area contributed by atoms with Crippen molar-refractivity contribution in [2.75, 3.05) is 19.7 Å². The molecule has 5 heteroatoms. The molecule has 5 nitrogen and oxygen atoms in total. The van der Waals surface area contributed by atoms with Gasteiger partial charge in [0.15, 0.2) is 0 Å². The van der Waals surface area contributed by atoms with Crippen LogP contribution in [-0.2, 0) is 16.0 Å². The van der Waals surface area contributed by atoms with Crippen LogP contribution in [0.3, 0.4) is 0 Å². The number of alkyl carbamates (subject to hydrolysis) is 1. The van der Waals surface area contributed by atoms with Crippen molar-refractivity contribution < 1.29 is 14.3 Å². The maximum Gasteiger partial charge on any atom is 0.407 e. The lowest BCUT2D eigenvalue weighted by Crippen LogP contribution is -2.28. The number of benzene rings is 1. The van der Waals surface area contributed by atoms with E-state index in [1.807, 2.05) is 18.2 Å². The van der Waals surface area contributed by atoms with Gasteiger partial charge in [0.25, 0.3) is 0 Å². The minimum atomic E-state index is -0.430. The van der Waals surface area contributed by atoms with Crippen molar-refractivity contribution in [3.05, 3.63) is 35.9 Å². The van der Waals surface area contributed by atoms with Crippen molar-refractivity contribution >= 4 is 12.0 Å². The van der Waals surface area contributed by atoms with Gasteiger partial charge in [-0.25, -0.2) is 4.79 Å². The fraction of sp³-hybridized carbons (Fsp3) is 0.500. The number of amides is 2. The molecular weight excluding hydrogens is 268 g/mol. The number of aryl methyl sites for hydroxylation is 1. The summed E-state index contributed by atoms with van der Waals surface area (Å²) >= 11 is 0. The van der Waals surface area contributed by atoms with Gasteiger partial charge < -0.3 is 15.4 Å². The number of ether oxygens (including phenoxy) is 1. The van der Waals surface area contributed by atoms with Gasteiger partial charge >= 0.3 is 6.09 Å². The van der Waals surface area contributed by atoms with Gasteiger partial charge in [-0.15, -0.1) is 0 Å². The molecule has 0 spiro atoms. The molecule has 0 bridgehead atoms. The summed E-state index contributed by atoms with van der Waals surface area (Å²) in [4.78, 5) is 22.6. The van der Waals surface area contributed by atoms with Gasteiger partial charge in [-0.2, -0.15) is 0 Å². The molecule has 0 aliphatic carbocycles. The van der Waals surface area contributed by atoms with Crippen LogP contribution in [0.5, 0.6) is 0 Å². The predicted molar refractivity (Wildman–Crippen MR) is 82.0 cm³/mol. The van der Waals surface area contributed by atoms with Crippen LogP contribution in [0.2, 0.25) is 0 Å². The van der Waals surface area contributed by atoms with Crippen LogP contribution >= 0.6 is 0 Å². The summed E-state index contributed by atoms with van der Waals surface area (Å²) < 4.78 is 4.72.